The van der Waals surface area contributed by atoms with Gasteiger partial charge in [-0.25, -0.2) is 0 Å². The summed E-state index contributed by atoms with van der Waals surface area (Å²) in [5, 5.41) is 22.2. The van der Waals surface area contributed by atoms with Crippen LogP contribution in [0.1, 0.15) is 11.5 Å². The van der Waals surface area contributed by atoms with Gasteiger partial charge in [-0.15, -0.1) is 0 Å². The van der Waals surface area contributed by atoms with Crippen LogP contribution in [0.4, 0.5) is 0 Å². The van der Waals surface area contributed by atoms with Gasteiger partial charge in [-0.2, -0.15) is 0 Å². The van der Waals surface area contributed by atoms with Crippen LogP contribution >= 0.6 is 0 Å². The molecule has 0 amide bonds. The zero-order valence-electron chi connectivity index (χ0n) is 10.4. The summed E-state index contributed by atoms with van der Waals surface area (Å²) >= 11 is 0. The van der Waals surface area contributed by atoms with Gasteiger partial charge in [0.1, 0.15) is 5.92 Å². The highest BCUT2D eigenvalue weighted by molar-refractivity contribution is 5.84. The van der Waals surface area contributed by atoms with Gasteiger partial charge in [0.05, 0.1) is 0 Å². The number of nitro groups is 2. The maximum Gasteiger partial charge on any atom is 0.217 e. The Morgan fingerprint density at radius 2 is 1.74 bits per heavy atom. The van der Waals surface area contributed by atoms with Crippen molar-refractivity contribution in [3.63, 3.8) is 0 Å². The van der Waals surface area contributed by atoms with Crippen LogP contribution in [0, 0.1) is 20.2 Å². The molecule has 2 rings (SSSR count). The zero-order valence-corrected chi connectivity index (χ0v) is 10.4. The molecule has 7 heteroatoms. The molecule has 0 spiro atoms. The molecule has 0 saturated heterocycles. The first-order valence-electron chi connectivity index (χ1n) is 5.76. The molecule has 0 atom stereocenters. The van der Waals surface area contributed by atoms with Crippen molar-refractivity contribution in [1.82, 2.24) is 4.57 Å². The third kappa shape index (κ3) is 2.70. The minimum absolute atomic E-state index is 0.436. The van der Waals surface area contributed by atoms with E-state index in [2.05, 4.69) is 0 Å². The Bertz CT molecular complexity index is 619. The Morgan fingerprint density at radius 1 is 1.16 bits per heavy atom. The van der Waals surface area contributed by atoms with E-state index in [-0.39, 0.29) is 0 Å². The number of para-hydroxylation sites is 1. The molecule has 0 N–H and O–H groups in total. The predicted octanol–water partition coefficient (Wildman–Crippen LogP) is 1.82. The predicted molar refractivity (Wildman–Crippen MR) is 69.4 cm³/mol. The molecule has 100 valence electrons. The lowest BCUT2D eigenvalue weighted by Gasteiger charge is -2.07. The minimum atomic E-state index is -0.712. The number of benzene rings is 1. The Balaban J connectivity index is 2.49. The molecule has 0 radical (unpaired) electrons. The standard InChI is InChI=1S/C12H13N3O4/c1-13-8-11(10-4-2-3-5-12(10)13)9(6-14(16)17)7-15(18)19/h2-5,8-9H,6-7H2,1H3. The van der Waals surface area contributed by atoms with Crippen LogP contribution in [0.5, 0.6) is 0 Å². The van der Waals surface area contributed by atoms with Crippen molar-refractivity contribution >= 4 is 10.9 Å². The van der Waals surface area contributed by atoms with Crippen LogP contribution in [0.3, 0.4) is 0 Å². The van der Waals surface area contributed by atoms with Crippen LogP contribution in [-0.2, 0) is 7.05 Å². The van der Waals surface area contributed by atoms with Crippen LogP contribution in [0.2, 0.25) is 0 Å². The Morgan fingerprint density at radius 3 is 2.32 bits per heavy atom. The summed E-state index contributed by atoms with van der Waals surface area (Å²) < 4.78 is 1.83. The highest BCUT2D eigenvalue weighted by Crippen LogP contribution is 2.27. The van der Waals surface area contributed by atoms with Gasteiger partial charge in [0.2, 0.25) is 13.1 Å². The normalized spacial score (nSPS) is 11.1. The monoisotopic (exact) mass is 263 g/mol. The van der Waals surface area contributed by atoms with E-state index in [1.165, 1.54) is 0 Å². The third-order valence-electron chi connectivity index (χ3n) is 3.11. The SMILES string of the molecule is Cn1cc(C(C[N+](=O)[O-])C[N+](=O)[O-])c2ccccc21. The summed E-state index contributed by atoms with van der Waals surface area (Å²) in [5.41, 5.74) is 1.57. The molecule has 0 aliphatic heterocycles. The van der Waals surface area contributed by atoms with Gasteiger partial charge in [-0.3, -0.25) is 20.2 Å². The summed E-state index contributed by atoms with van der Waals surface area (Å²) in [4.78, 5) is 20.4. The van der Waals surface area contributed by atoms with Crippen molar-refractivity contribution in [2.45, 2.75) is 5.92 Å². The zero-order chi connectivity index (χ0) is 14.0. The van der Waals surface area contributed by atoms with Gasteiger partial charge in [-0.05, 0) is 11.6 Å². The van der Waals surface area contributed by atoms with Gasteiger partial charge in [0.15, 0.2) is 0 Å². The van der Waals surface area contributed by atoms with Crippen molar-refractivity contribution in [2.75, 3.05) is 13.1 Å². The number of aromatic nitrogens is 1. The fraction of sp³-hybridized carbons (Fsp3) is 0.333. The summed E-state index contributed by atoms with van der Waals surface area (Å²) in [6.07, 6.45) is 1.74. The molecular weight excluding hydrogens is 250 g/mol. The summed E-state index contributed by atoms with van der Waals surface area (Å²) in [5.74, 6) is -0.712. The van der Waals surface area contributed by atoms with E-state index in [9.17, 15) is 20.2 Å². The lowest BCUT2D eigenvalue weighted by Crippen LogP contribution is -2.20. The maximum atomic E-state index is 10.7. The van der Waals surface area contributed by atoms with Gasteiger partial charge >= 0.3 is 0 Å². The number of fused-ring (bicyclic) bond motifs is 1. The largest absolute Gasteiger partial charge is 0.350 e. The number of rotatable bonds is 5. The lowest BCUT2D eigenvalue weighted by molar-refractivity contribution is -0.516. The minimum Gasteiger partial charge on any atom is -0.350 e. The molecule has 0 saturated carbocycles. The van der Waals surface area contributed by atoms with Crippen molar-refractivity contribution in [3.05, 3.63) is 56.3 Å². The first-order chi connectivity index (χ1) is 8.99. The Labute approximate surface area is 108 Å². The highest BCUT2D eigenvalue weighted by Gasteiger charge is 2.26. The Hall–Kier alpha value is -2.44. The first-order valence-corrected chi connectivity index (χ1v) is 5.76. The molecule has 2 aromatic rings. The number of nitrogens with zero attached hydrogens (tertiary/aromatic N) is 3. The second-order valence-electron chi connectivity index (χ2n) is 4.44. The second kappa shape index (κ2) is 5.05. The quantitative estimate of drug-likeness (QED) is 0.607. The van der Waals surface area contributed by atoms with E-state index in [1.54, 1.807) is 6.20 Å². The van der Waals surface area contributed by atoms with E-state index in [0.717, 1.165) is 10.9 Å². The first kappa shape index (κ1) is 13.0. The van der Waals surface area contributed by atoms with Gasteiger partial charge in [0, 0.05) is 34.0 Å². The van der Waals surface area contributed by atoms with Gasteiger partial charge < -0.3 is 4.57 Å². The van der Waals surface area contributed by atoms with Crippen molar-refractivity contribution < 1.29 is 9.85 Å². The van der Waals surface area contributed by atoms with Crippen molar-refractivity contribution in [1.29, 1.82) is 0 Å². The average Bonchev–Trinajstić information content (AvgIpc) is 2.66. The second-order valence-corrected chi connectivity index (χ2v) is 4.44. The van der Waals surface area contributed by atoms with E-state index >= 15 is 0 Å². The fourth-order valence-corrected chi connectivity index (χ4v) is 2.31. The number of hydrogen-bond donors (Lipinski definition) is 0. The van der Waals surface area contributed by atoms with E-state index < -0.39 is 28.9 Å². The van der Waals surface area contributed by atoms with E-state index in [4.69, 9.17) is 0 Å². The Kier molecular flexibility index (Phi) is 3.46. The van der Waals surface area contributed by atoms with E-state index in [0.29, 0.717) is 5.56 Å². The van der Waals surface area contributed by atoms with Crippen LogP contribution in [-0.4, -0.2) is 27.5 Å². The molecule has 1 aromatic carbocycles. The van der Waals surface area contributed by atoms with Gasteiger partial charge in [0.25, 0.3) is 0 Å². The molecule has 0 unspecified atom stereocenters. The molecule has 0 aliphatic carbocycles. The lowest BCUT2D eigenvalue weighted by atomic mass is 9.99. The summed E-state index contributed by atoms with van der Waals surface area (Å²) in [6, 6.07) is 7.40. The van der Waals surface area contributed by atoms with E-state index in [1.807, 2.05) is 35.9 Å². The average molecular weight is 263 g/mol. The molecule has 1 aromatic heterocycles. The van der Waals surface area contributed by atoms with Crippen molar-refractivity contribution in [3.8, 4) is 0 Å². The van der Waals surface area contributed by atoms with Crippen LogP contribution in [0.15, 0.2) is 30.5 Å². The smallest absolute Gasteiger partial charge is 0.217 e. The van der Waals surface area contributed by atoms with Crippen molar-refractivity contribution in [2.24, 2.45) is 7.05 Å². The van der Waals surface area contributed by atoms with Crippen LogP contribution in [0.25, 0.3) is 10.9 Å². The fourth-order valence-electron chi connectivity index (χ4n) is 2.31. The molecule has 1 heterocycles. The highest BCUT2D eigenvalue weighted by atomic mass is 16.6. The molecule has 19 heavy (non-hydrogen) atoms. The third-order valence-corrected chi connectivity index (χ3v) is 3.11. The van der Waals surface area contributed by atoms with Gasteiger partial charge in [-0.1, -0.05) is 18.2 Å². The summed E-state index contributed by atoms with van der Waals surface area (Å²) in [6.45, 7) is -0.871. The summed E-state index contributed by atoms with van der Waals surface area (Å²) in [7, 11) is 1.82. The topological polar surface area (TPSA) is 91.2 Å². The maximum absolute atomic E-state index is 10.7. The molecule has 0 fully saturated rings. The molecule has 0 bridgehead atoms. The molecular formula is C12H13N3O4. The van der Waals surface area contributed by atoms with Crippen LogP contribution < -0.4 is 0 Å². The molecule has 7 nitrogen and oxygen atoms in total. The number of aryl methyl sites for hydroxylation is 1. The number of hydrogen-bond acceptors (Lipinski definition) is 4. The molecule has 0 aliphatic rings.